The molecule has 0 saturated heterocycles. The van der Waals surface area contributed by atoms with E-state index in [0.717, 1.165) is 21.3 Å². The predicted octanol–water partition coefficient (Wildman–Crippen LogP) is 3.73. The van der Waals surface area contributed by atoms with Crippen LogP contribution in [-0.4, -0.2) is 6.61 Å². The van der Waals surface area contributed by atoms with Gasteiger partial charge in [-0.1, -0.05) is 34.1 Å². The lowest BCUT2D eigenvalue weighted by atomic mass is 9.98. The molecule has 5 heteroatoms. The van der Waals surface area contributed by atoms with E-state index in [4.69, 9.17) is 10.6 Å². The molecule has 2 aromatic carbocycles. The molecule has 0 spiro atoms. The van der Waals surface area contributed by atoms with Gasteiger partial charge < -0.3 is 4.74 Å². The largest absolute Gasteiger partial charge is 0.494 e. The Balaban J connectivity index is 2.30. The summed E-state index contributed by atoms with van der Waals surface area (Å²) in [7, 11) is 0. The molecule has 0 aromatic heterocycles. The molecule has 21 heavy (non-hydrogen) atoms. The highest BCUT2D eigenvalue weighted by atomic mass is 79.9. The van der Waals surface area contributed by atoms with Crippen molar-refractivity contribution >= 4 is 15.9 Å². The van der Waals surface area contributed by atoms with Gasteiger partial charge in [-0.25, -0.2) is 4.39 Å². The van der Waals surface area contributed by atoms with E-state index in [1.165, 1.54) is 12.1 Å². The van der Waals surface area contributed by atoms with Crippen LogP contribution in [0.4, 0.5) is 4.39 Å². The van der Waals surface area contributed by atoms with Crippen molar-refractivity contribution in [3.05, 3.63) is 63.9 Å². The van der Waals surface area contributed by atoms with Gasteiger partial charge in [0.05, 0.1) is 12.6 Å². The Hall–Kier alpha value is -1.43. The molecule has 3 nitrogen and oxygen atoms in total. The highest BCUT2D eigenvalue weighted by Gasteiger charge is 2.17. The lowest BCUT2D eigenvalue weighted by Gasteiger charge is -2.20. The zero-order chi connectivity index (χ0) is 15.2. The zero-order valence-corrected chi connectivity index (χ0v) is 13.4. The molecule has 0 aliphatic heterocycles. The molecular formula is C16H18BrFN2O. The number of para-hydroxylation sites is 1. The van der Waals surface area contributed by atoms with Gasteiger partial charge in [-0.15, -0.1) is 0 Å². The summed E-state index contributed by atoms with van der Waals surface area (Å²) in [6.45, 7) is 2.52. The summed E-state index contributed by atoms with van der Waals surface area (Å²) < 4.78 is 19.9. The molecule has 1 unspecified atom stereocenters. The number of nitrogens with two attached hydrogens (primary N) is 1. The van der Waals surface area contributed by atoms with Crippen molar-refractivity contribution in [1.29, 1.82) is 0 Å². The molecule has 0 fully saturated rings. The fourth-order valence-corrected chi connectivity index (χ4v) is 2.64. The Morgan fingerprint density at radius 3 is 2.76 bits per heavy atom. The third-order valence-corrected chi connectivity index (χ3v) is 4.00. The maximum atomic E-state index is 13.4. The van der Waals surface area contributed by atoms with Crippen LogP contribution < -0.4 is 16.0 Å². The van der Waals surface area contributed by atoms with E-state index in [-0.39, 0.29) is 11.9 Å². The average Bonchev–Trinajstić information content (AvgIpc) is 2.49. The lowest BCUT2D eigenvalue weighted by Crippen LogP contribution is -2.30. The Morgan fingerprint density at radius 1 is 1.29 bits per heavy atom. The first-order valence-electron chi connectivity index (χ1n) is 6.77. The Morgan fingerprint density at radius 2 is 2.05 bits per heavy atom. The molecule has 0 heterocycles. The van der Waals surface area contributed by atoms with Gasteiger partial charge in [-0.2, -0.15) is 0 Å². The predicted molar refractivity (Wildman–Crippen MR) is 85.5 cm³/mol. The van der Waals surface area contributed by atoms with Crippen LogP contribution in [0.25, 0.3) is 0 Å². The second kappa shape index (κ2) is 7.54. The van der Waals surface area contributed by atoms with Gasteiger partial charge in [0.15, 0.2) is 0 Å². The summed E-state index contributed by atoms with van der Waals surface area (Å²) in [5.41, 5.74) is 4.60. The topological polar surface area (TPSA) is 47.3 Å². The van der Waals surface area contributed by atoms with Crippen molar-refractivity contribution < 1.29 is 9.13 Å². The van der Waals surface area contributed by atoms with E-state index in [1.807, 2.05) is 31.2 Å². The number of benzene rings is 2. The third kappa shape index (κ3) is 4.03. The highest BCUT2D eigenvalue weighted by molar-refractivity contribution is 9.10. The Kier molecular flexibility index (Phi) is 5.73. The molecule has 0 aliphatic rings. The number of hydrogen-bond acceptors (Lipinski definition) is 3. The van der Waals surface area contributed by atoms with Crippen LogP contribution in [0.15, 0.2) is 46.9 Å². The van der Waals surface area contributed by atoms with Crippen molar-refractivity contribution in [1.82, 2.24) is 5.43 Å². The number of rotatable bonds is 6. The van der Waals surface area contributed by atoms with E-state index in [1.54, 1.807) is 6.07 Å². The molecular weight excluding hydrogens is 335 g/mol. The van der Waals surface area contributed by atoms with Crippen molar-refractivity contribution in [2.45, 2.75) is 19.4 Å². The first kappa shape index (κ1) is 15.9. The van der Waals surface area contributed by atoms with Gasteiger partial charge in [-0.3, -0.25) is 11.3 Å². The number of ether oxygens (including phenoxy) is 1. The van der Waals surface area contributed by atoms with Crippen molar-refractivity contribution in [3.8, 4) is 5.75 Å². The number of hydrogen-bond donors (Lipinski definition) is 2. The van der Waals surface area contributed by atoms with Crippen LogP contribution in [0.5, 0.6) is 5.75 Å². The fourth-order valence-electron chi connectivity index (χ4n) is 2.23. The quantitative estimate of drug-likeness (QED) is 0.615. The van der Waals surface area contributed by atoms with E-state index < -0.39 is 0 Å². The lowest BCUT2D eigenvalue weighted by molar-refractivity contribution is 0.331. The summed E-state index contributed by atoms with van der Waals surface area (Å²) in [5.74, 6) is 6.22. The van der Waals surface area contributed by atoms with Gasteiger partial charge in [0.25, 0.3) is 0 Å². The van der Waals surface area contributed by atoms with Crippen molar-refractivity contribution in [2.75, 3.05) is 6.61 Å². The summed E-state index contributed by atoms with van der Waals surface area (Å²) in [4.78, 5) is 0. The van der Waals surface area contributed by atoms with Crippen LogP contribution in [-0.2, 0) is 6.42 Å². The summed E-state index contributed by atoms with van der Waals surface area (Å²) in [6.07, 6.45) is 0.554. The standard InChI is InChI=1S/C16H18BrFN2O/c1-2-21-16-6-4-3-5-13(16)15(20-19)10-11-9-12(18)7-8-14(11)17/h3-9,15,20H,2,10,19H2,1H3. The van der Waals surface area contributed by atoms with Crippen LogP contribution in [0, 0.1) is 5.82 Å². The monoisotopic (exact) mass is 352 g/mol. The number of halogens is 2. The minimum atomic E-state index is -0.262. The first-order chi connectivity index (χ1) is 10.2. The van der Waals surface area contributed by atoms with E-state index in [0.29, 0.717) is 13.0 Å². The second-order valence-corrected chi connectivity index (χ2v) is 5.48. The smallest absolute Gasteiger partial charge is 0.124 e. The molecule has 0 amide bonds. The molecule has 3 N–H and O–H groups in total. The maximum absolute atomic E-state index is 13.4. The summed E-state index contributed by atoms with van der Waals surface area (Å²) >= 11 is 3.44. The maximum Gasteiger partial charge on any atom is 0.124 e. The average molecular weight is 353 g/mol. The molecule has 2 rings (SSSR count). The second-order valence-electron chi connectivity index (χ2n) is 4.63. The Labute approximate surface area is 132 Å². The third-order valence-electron chi connectivity index (χ3n) is 3.23. The minimum Gasteiger partial charge on any atom is -0.494 e. The van der Waals surface area contributed by atoms with E-state index in [2.05, 4.69) is 21.4 Å². The summed E-state index contributed by atoms with van der Waals surface area (Å²) in [5, 5.41) is 0. The fraction of sp³-hybridized carbons (Fsp3) is 0.250. The molecule has 112 valence electrons. The van der Waals surface area contributed by atoms with Gasteiger partial charge in [0.1, 0.15) is 11.6 Å². The molecule has 0 radical (unpaired) electrons. The number of nitrogens with one attached hydrogen (secondary N) is 1. The minimum absolute atomic E-state index is 0.161. The van der Waals surface area contributed by atoms with Gasteiger partial charge in [0, 0.05) is 10.0 Å². The summed E-state index contributed by atoms with van der Waals surface area (Å²) in [6, 6.07) is 12.2. The van der Waals surface area contributed by atoms with Gasteiger partial charge >= 0.3 is 0 Å². The highest BCUT2D eigenvalue weighted by Crippen LogP contribution is 2.29. The van der Waals surface area contributed by atoms with E-state index in [9.17, 15) is 4.39 Å². The van der Waals surface area contributed by atoms with Crippen LogP contribution in [0.1, 0.15) is 24.1 Å². The Bertz CT molecular complexity index is 607. The van der Waals surface area contributed by atoms with Crippen LogP contribution in [0.3, 0.4) is 0 Å². The molecule has 0 saturated carbocycles. The van der Waals surface area contributed by atoms with Crippen LogP contribution in [0.2, 0.25) is 0 Å². The molecule has 2 aromatic rings. The molecule has 0 bridgehead atoms. The first-order valence-corrected chi connectivity index (χ1v) is 7.56. The van der Waals surface area contributed by atoms with E-state index >= 15 is 0 Å². The molecule has 0 aliphatic carbocycles. The zero-order valence-electron chi connectivity index (χ0n) is 11.8. The van der Waals surface area contributed by atoms with Gasteiger partial charge in [-0.05, 0) is 43.2 Å². The number of hydrazine groups is 1. The SMILES string of the molecule is CCOc1ccccc1C(Cc1cc(F)ccc1Br)NN. The van der Waals surface area contributed by atoms with Crippen LogP contribution >= 0.6 is 15.9 Å². The van der Waals surface area contributed by atoms with Crippen molar-refractivity contribution in [2.24, 2.45) is 5.84 Å². The molecule has 1 atom stereocenters. The van der Waals surface area contributed by atoms with Gasteiger partial charge in [0.2, 0.25) is 0 Å². The normalized spacial score (nSPS) is 12.2. The van der Waals surface area contributed by atoms with Crippen molar-refractivity contribution in [3.63, 3.8) is 0 Å².